The highest BCUT2D eigenvalue weighted by Crippen LogP contribution is 2.26. The van der Waals surface area contributed by atoms with E-state index in [1.54, 1.807) is 29.2 Å². The summed E-state index contributed by atoms with van der Waals surface area (Å²) in [6, 6.07) is 9.17. The van der Waals surface area contributed by atoms with Gasteiger partial charge >= 0.3 is 0 Å². The molecule has 0 N–H and O–H groups in total. The SMILES string of the molecule is N#CCN(C(=O)CCn1nnc2ccccc2c1=O)C1CC1. The van der Waals surface area contributed by atoms with Crippen LogP contribution in [0.25, 0.3) is 10.9 Å². The van der Waals surface area contributed by atoms with E-state index < -0.39 is 0 Å². The van der Waals surface area contributed by atoms with Crippen LogP contribution in [0.4, 0.5) is 0 Å². The number of benzene rings is 1. The average Bonchev–Trinajstić information content (AvgIpc) is 3.36. The zero-order valence-corrected chi connectivity index (χ0v) is 12.0. The van der Waals surface area contributed by atoms with Crippen molar-refractivity contribution in [1.29, 1.82) is 5.26 Å². The number of amides is 1. The molecule has 1 fully saturated rings. The van der Waals surface area contributed by atoms with Gasteiger partial charge in [0.15, 0.2) is 0 Å². The molecule has 1 aromatic heterocycles. The Kier molecular flexibility index (Phi) is 3.83. The first-order chi connectivity index (χ1) is 10.7. The van der Waals surface area contributed by atoms with Crippen LogP contribution in [-0.2, 0) is 11.3 Å². The molecular weight excluding hydrogens is 282 g/mol. The van der Waals surface area contributed by atoms with Crippen LogP contribution in [0.5, 0.6) is 0 Å². The molecule has 0 spiro atoms. The first kappa shape index (κ1) is 14.2. The Hall–Kier alpha value is -2.75. The summed E-state index contributed by atoms with van der Waals surface area (Å²) in [5.74, 6) is -0.120. The predicted molar refractivity (Wildman–Crippen MR) is 78.8 cm³/mol. The maximum atomic E-state index is 12.3. The van der Waals surface area contributed by atoms with E-state index in [0.717, 1.165) is 12.8 Å². The number of hydrogen-bond donors (Lipinski definition) is 0. The van der Waals surface area contributed by atoms with Gasteiger partial charge in [-0.1, -0.05) is 17.3 Å². The minimum atomic E-state index is -0.253. The van der Waals surface area contributed by atoms with E-state index in [9.17, 15) is 9.59 Å². The summed E-state index contributed by atoms with van der Waals surface area (Å²) in [5, 5.41) is 17.1. The number of aryl methyl sites for hydroxylation is 1. The fourth-order valence-electron chi connectivity index (χ4n) is 2.40. The molecule has 0 aliphatic heterocycles. The van der Waals surface area contributed by atoms with Gasteiger partial charge < -0.3 is 4.90 Å². The molecule has 0 radical (unpaired) electrons. The summed E-state index contributed by atoms with van der Waals surface area (Å²) >= 11 is 0. The van der Waals surface area contributed by atoms with Crippen molar-refractivity contribution in [3.63, 3.8) is 0 Å². The number of nitriles is 1. The lowest BCUT2D eigenvalue weighted by Crippen LogP contribution is -2.35. The Morgan fingerprint density at radius 2 is 2.18 bits per heavy atom. The van der Waals surface area contributed by atoms with Crippen molar-refractivity contribution >= 4 is 16.8 Å². The molecule has 1 aromatic carbocycles. The smallest absolute Gasteiger partial charge is 0.277 e. The third kappa shape index (κ3) is 2.81. The Balaban J connectivity index is 1.74. The van der Waals surface area contributed by atoms with E-state index in [2.05, 4.69) is 10.3 Å². The average molecular weight is 297 g/mol. The van der Waals surface area contributed by atoms with Gasteiger partial charge in [0.1, 0.15) is 12.1 Å². The summed E-state index contributed by atoms with van der Waals surface area (Å²) < 4.78 is 1.21. The lowest BCUT2D eigenvalue weighted by Gasteiger charge is -2.18. The van der Waals surface area contributed by atoms with Crippen LogP contribution in [0, 0.1) is 11.3 Å². The molecule has 0 saturated heterocycles. The second-order valence-electron chi connectivity index (χ2n) is 5.30. The van der Waals surface area contributed by atoms with E-state index >= 15 is 0 Å². The Labute approximate surface area is 126 Å². The summed E-state index contributed by atoms with van der Waals surface area (Å²) in [6.07, 6.45) is 2.04. The Morgan fingerprint density at radius 1 is 1.41 bits per heavy atom. The van der Waals surface area contributed by atoms with Gasteiger partial charge in [-0.3, -0.25) is 9.59 Å². The highest BCUT2D eigenvalue weighted by atomic mass is 16.2. The first-order valence-corrected chi connectivity index (χ1v) is 7.19. The molecule has 1 aliphatic carbocycles. The fourth-order valence-corrected chi connectivity index (χ4v) is 2.40. The van der Waals surface area contributed by atoms with E-state index in [1.807, 2.05) is 6.07 Å². The summed E-state index contributed by atoms with van der Waals surface area (Å²) in [6.45, 7) is 0.270. The van der Waals surface area contributed by atoms with Crippen molar-refractivity contribution in [2.45, 2.75) is 31.8 Å². The van der Waals surface area contributed by atoms with Crippen LogP contribution in [-0.4, -0.2) is 38.4 Å². The van der Waals surface area contributed by atoms with Gasteiger partial charge in [0.05, 0.1) is 18.0 Å². The second-order valence-corrected chi connectivity index (χ2v) is 5.30. The molecule has 3 rings (SSSR count). The zero-order chi connectivity index (χ0) is 15.5. The number of nitrogens with zero attached hydrogens (tertiary/aromatic N) is 5. The molecule has 112 valence electrons. The number of rotatable bonds is 5. The molecule has 1 aliphatic rings. The molecule has 0 unspecified atom stereocenters. The van der Waals surface area contributed by atoms with Crippen LogP contribution in [0.2, 0.25) is 0 Å². The van der Waals surface area contributed by atoms with E-state index in [-0.39, 0.29) is 37.0 Å². The minimum absolute atomic E-state index is 0.0990. The second kappa shape index (κ2) is 5.93. The number of fused-ring (bicyclic) bond motifs is 1. The van der Waals surface area contributed by atoms with Gasteiger partial charge in [0, 0.05) is 12.5 Å². The van der Waals surface area contributed by atoms with E-state index in [1.165, 1.54) is 4.68 Å². The highest BCUT2D eigenvalue weighted by Gasteiger charge is 2.32. The zero-order valence-electron chi connectivity index (χ0n) is 12.0. The molecule has 1 amide bonds. The van der Waals surface area contributed by atoms with Crippen LogP contribution in [0.1, 0.15) is 19.3 Å². The van der Waals surface area contributed by atoms with Crippen molar-refractivity contribution in [1.82, 2.24) is 19.9 Å². The van der Waals surface area contributed by atoms with Crippen LogP contribution < -0.4 is 5.56 Å². The third-order valence-electron chi connectivity index (χ3n) is 3.72. The molecule has 0 bridgehead atoms. The summed E-state index contributed by atoms with van der Waals surface area (Å²) in [4.78, 5) is 26.0. The van der Waals surface area contributed by atoms with Crippen LogP contribution in [0.15, 0.2) is 29.1 Å². The highest BCUT2D eigenvalue weighted by molar-refractivity contribution is 5.77. The van der Waals surface area contributed by atoms with Crippen molar-refractivity contribution in [2.24, 2.45) is 0 Å². The molecule has 22 heavy (non-hydrogen) atoms. The number of hydrogen-bond acceptors (Lipinski definition) is 5. The van der Waals surface area contributed by atoms with Crippen LogP contribution in [0.3, 0.4) is 0 Å². The molecule has 2 aromatic rings. The van der Waals surface area contributed by atoms with Crippen LogP contribution >= 0.6 is 0 Å². The molecule has 0 atom stereocenters. The molecule has 7 nitrogen and oxygen atoms in total. The maximum Gasteiger partial charge on any atom is 0.277 e. The monoisotopic (exact) mass is 297 g/mol. The van der Waals surface area contributed by atoms with Crippen molar-refractivity contribution in [3.05, 3.63) is 34.6 Å². The maximum absolute atomic E-state index is 12.3. The normalized spacial score (nSPS) is 13.8. The van der Waals surface area contributed by atoms with Gasteiger partial charge in [-0.05, 0) is 25.0 Å². The number of carbonyl (C=O) groups excluding carboxylic acids is 1. The lowest BCUT2D eigenvalue weighted by atomic mass is 10.2. The van der Waals surface area contributed by atoms with Gasteiger partial charge in [-0.15, -0.1) is 5.10 Å². The Bertz CT molecular complexity index is 803. The largest absolute Gasteiger partial charge is 0.326 e. The standard InChI is InChI=1S/C15H15N5O2/c16-8-10-19(11-5-6-11)14(21)7-9-20-15(22)12-3-1-2-4-13(12)17-18-20/h1-4,11H,5-7,9-10H2. The minimum Gasteiger partial charge on any atom is -0.326 e. The summed E-state index contributed by atoms with van der Waals surface area (Å²) in [7, 11) is 0. The lowest BCUT2D eigenvalue weighted by molar-refractivity contribution is -0.131. The Morgan fingerprint density at radius 3 is 2.91 bits per heavy atom. The van der Waals surface area contributed by atoms with E-state index in [4.69, 9.17) is 5.26 Å². The number of carbonyl (C=O) groups is 1. The topological polar surface area (TPSA) is 91.9 Å². The van der Waals surface area contributed by atoms with Crippen molar-refractivity contribution in [2.75, 3.05) is 6.54 Å². The molecular formula is C15H15N5O2. The first-order valence-electron chi connectivity index (χ1n) is 7.19. The van der Waals surface area contributed by atoms with E-state index in [0.29, 0.717) is 10.9 Å². The molecule has 1 heterocycles. The van der Waals surface area contributed by atoms with Gasteiger partial charge in [-0.25, -0.2) is 4.68 Å². The fraction of sp³-hybridized carbons (Fsp3) is 0.400. The molecule has 7 heteroatoms. The van der Waals surface area contributed by atoms with Crippen molar-refractivity contribution in [3.8, 4) is 6.07 Å². The van der Waals surface area contributed by atoms with Gasteiger partial charge in [0.2, 0.25) is 5.91 Å². The third-order valence-corrected chi connectivity index (χ3v) is 3.72. The van der Waals surface area contributed by atoms with Crippen molar-refractivity contribution < 1.29 is 4.79 Å². The quantitative estimate of drug-likeness (QED) is 0.757. The van der Waals surface area contributed by atoms with Gasteiger partial charge in [0.25, 0.3) is 5.56 Å². The number of aromatic nitrogens is 3. The molecule has 1 saturated carbocycles. The summed E-state index contributed by atoms with van der Waals surface area (Å²) in [5.41, 5.74) is 0.288. The van der Waals surface area contributed by atoms with Gasteiger partial charge in [-0.2, -0.15) is 5.26 Å². The predicted octanol–water partition coefficient (Wildman–Crippen LogP) is 0.696.